The van der Waals surface area contributed by atoms with E-state index in [4.69, 9.17) is 0 Å². The highest BCUT2D eigenvalue weighted by Gasteiger charge is 2.17. The Balaban J connectivity index is 1.88. The number of hydrogen-bond acceptors (Lipinski definition) is 3. The fourth-order valence-corrected chi connectivity index (χ4v) is 2.15. The van der Waals surface area contributed by atoms with Crippen LogP contribution in [0.25, 0.3) is 5.69 Å². The maximum absolute atomic E-state index is 13.3. The number of hydrogen-bond donors (Lipinski definition) is 1. The second kappa shape index (κ2) is 5.96. The Morgan fingerprint density at radius 3 is 2.48 bits per heavy atom. The summed E-state index contributed by atoms with van der Waals surface area (Å²) in [6.07, 6.45) is 0. The molecule has 0 spiro atoms. The SMILES string of the molecule is Cc1c(C(=O)Nc2cccc(F)c2)nnn1-c1cccc(F)c1. The van der Waals surface area contributed by atoms with Gasteiger partial charge in [0.1, 0.15) is 11.6 Å². The quantitative estimate of drug-likeness (QED) is 0.808. The number of rotatable bonds is 3. The van der Waals surface area contributed by atoms with Gasteiger partial charge in [-0.25, -0.2) is 13.5 Å². The lowest BCUT2D eigenvalue weighted by Gasteiger charge is -2.05. The van der Waals surface area contributed by atoms with Crippen LogP contribution in [0.3, 0.4) is 0 Å². The molecule has 0 unspecified atom stereocenters. The van der Waals surface area contributed by atoms with Gasteiger partial charge in [-0.05, 0) is 43.3 Å². The van der Waals surface area contributed by atoms with Gasteiger partial charge < -0.3 is 5.32 Å². The van der Waals surface area contributed by atoms with E-state index in [-0.39, 0.29) is 5.69 Å². The van der Waals surface area contributed by atoms with Gasteiger partial charge in [-0.1, -0.05) is 17.3 Å². The molecule has 0 fully saturated rings. The van der Waals surface area contributed by atoms with E-state index < -0.39 is 17.5 Å². The van der Waals surface area contributed by atoms with Gasteiger partial charge in [0.2, 0.25) is 0 Å². The molecular formula is C16H12F2N4O. The minimum Gasteiger partial charge on any atom is -0.320 e. The van der Waals surface area contributed by atoms with E-state index in [1.54, 1.807) is 19.1 Å². The van der Waals surface area contributed by atoms with Crippen LogP contribution in [0, 0.1) is 18.6 Å². The van der Waals surface area contributed by atoms with E-state index in [0.717, 1.165) is 0 Å². The fourth-order valence-electron chi connectivity index (χ4n) is 2.15. The lowest BCUT2D eigenvalue weighted by molar-refractivity contribution is 0.102. The molecule has 1 N–H and O–H groups in total. The Morgan fingerprint density at radius 1 is 1.09 bits per heavy atom. The molecule has 0 aliphatic carbocycles. The monoisotopic (exact) mass is 314 g/mol. The van der Waals surface area contributed by atoms with Crippen molar-refractivity contribution in [1.29, 1.82) is 0 Å². The van der Waals surface area contributed by atoms with Crippen LogP contribution in [-0.2, 0) is 0 Å². The average Bonchev–Trinajstić information content (AvgIpc) is 2.89. The molecule has 0 saturated carbocycles. The number of carbonyl (C=O) groups excluding carboxylic acids is 1. The van der Waals surface area contributed by atoms with E-state index in [1.807, 2.05) is 0 Å². The smallest absolute Gasteiger partial charge is 0.278 e. The summed E-state index contributed by atoms with van der Waals surface area (Å²) in [7, 11) is 0. The number of nitrogens with zero attached hydrogens (tertiary/aromatic N) is 3. The first-order valence-electron chi connectivity index (χ1n) is 6.80. The Bertz CT molecular complexity index is 876. The standard InChI is InChI=1S/C16H12F2N4O/c1-10-15(16(23)19-13-6-2-4-11(17)8-13)20-21-22(10)14-7-3-5-12(18)9-14/h2-9H,1H3,(H,19,23). The predicted molar refractivity (Wildman–Crippen MR) is 80.4 cm³/mol. The number of carbonyl (C=O) groups is 1. The van der Waals surface area contributed by atoms with Crippen molar-refractivity contribution in [1.82, 2.24) is 15.0 Å². The largest absolute Gasteiger partial charge is 0.320 e. The minimum atomic E-state index is -0.518. The van der Waals surface area contributed by atoms with Crippen LogP contribution < -0.4 is 5.32 Å². The highest BCUT2D eigenvalue weighted by molar-refractivity contribution is 6.03. The molecule has 116 valence electrons. The molecule has 5 nitrogen and oxygen atoms in total. The van der Waals surface area contributed by atoms with Crippen LogP contribution >= 0.6 is 0 Å². The Kier molecular flexibility index (Phi) is 3.84. The van der Waals surface area contributed by atoms with Gasteiger partial charge in [0.15, 0.2) is 5.69 Å². The van der Waals surface area contributed by atoms with Crippen LogP contribution in [0.15, 0.2) is 48.5 Å². The van der Waals surface area contributed by atoms with Crippen molar-refractivity contribution in [3.63, 3.8) is 0 Å². The molecule has 2 aromatic carbocycles. The maximum Gasteiger partial charge on any atom is 0.278 e. The van der Waals surface area contributed by atoms with Crippen molar-refractivity contribution in [3.8, 4) is 5.69 Å². The molecule has 0 radical (unpaired) electrons. The van der Waals surface area contributed by atoms with Crippen molar-refractivity contribution < 1.29 is 13.6 Å². The molecule has 3 rings (SSSR count). The van der Waals surface area contributed by atoms with Crippen molar-refractivity contribution >= 4 is 11.6 Å². The van der Waals surface area contributed by atoms with E-state index in [9.17, 15) is 13.6 Å². The molecule has 0 saturated heterocycles. The summed E-state index contributed by atoms with van der Waals surface area (Å²) < 4.78 is 27.8. The van der Waals surface area contributed by atoms with Crippen LogP contribution in [0.1, 0.15) is 16.2 Å². The van der Waals surface area contributed by atoms with Gasteiger partial charge in [-0.2, -0.15) is 0 Å². The van der Waals surface area contributed by atoms with Gasteiger partial charge in [0, 0.05) is 5.69 Å². The predicted octanol–water partition coefficient (Wildman–Crippen LogP) is 3.11. The fraction of sp³-hybridized carbons (Fsp3) is 0.0625. The molecule has 1 heterocycles. The van der Waals surface area contributed by atoms with Crippen molar-refractivity contribution in [2.24, 2.45) is 0 Å². The van der Waals surface area contributed by atoms with E-state index >= 15 is 0 Å². The van der Waals surface area contributed by atoms with Gasteiger partial charge in [-0.15, -0.1) is 5.10 Å². The molecule has 3 aromatic rings. The highest BCUT2D eigenvalue weighted by atomic mass is 19.1. The van der Waals surface area contributed by atoms with Gasteiger partial charge in [0.25, 0.3) is 5.91 Å². The third kappa shape index (κ3) is 3.08. The minimum absolute atomic E-state index is 0.0820. The Hall–Kier alpha value is -3.09. The summed E-state index contributed by atoms with van der Waals surface area (Å²) in [5.74, 6) is -1.39. The number of anilines is 1. The van der Waals surface area contributed by atoms with Crippen LogP contribution in [0.2, 0.25) is 0 Å². The van der Waals surface area contributed by atoms with Crippen LogP contribution in [0.5, 0.6) is 0 Å². The molecule has 7 heteroatoms. The number of benzene rings is 2. The van der Waals surface area contributed by atoms with E-state index in [1.165, 1.54) is 41.1 Å². The molecule has 0 aliphatic rings. The number of aromatic nitrogens is 3. The molecule has 23 heavy (non-hydrogen) atoms. The van der Waals surface area contributed by atoms with Crippen molar-refractivity contribution in [3.05, 3.63) is 71.6 Å². The Morgan fingerprint density at radius 2 is 1.78 bits per heavy atom. The van der Waals surface area contributed by atoms with Crippen LogP contribution in [0.4, 0.5) is 14.5 Å². The van der Waals surface area contributed by atoms with Gasteiger partial charge in [-0.3, -0.25) is 4.79 Å². The summed E-state index contributed by atoms with van der Waals surface area (Å²) >= 11 is 0. The summed E-state index contributed by atoms with van der Waals surface area (Å²) in [6.45, 7) is 1.64. The second-order valence-corrected chi connectivity index (χ2v) is 4.88. The summed E-state index contributed by atoms with van der Waals surface area (Å²) in [5, 5.41) is 10.2. The molecule has 1 amide bonds. The highest BCUT2D eigenvalue weighted by Crippen LogP contribution is 2.15. The third-order valence-electron chi connectivity index (χ3n) is 3.24. The molecule has 1 aromatic heterocycles. The van der Waals surface area contributed by atoms with Gasteiger partial charge in [0.05, 0.1) is 11.4 Å². The number of halogens is 2. The zero-order chi connectivity index (χ0) is 16.4. The van der Waals surface area contributed by atoms with Crippen molar-refractivity contribution in [2.45, 2.75) is 6.92 Å². The van der Waals surface area contributed by atoms with E-state index in [2.05, 4.69) is 15.6 Å². The molecule has 0 atom stereocenters. The topological polar surface area (TPSA) is 59.8 Å². The summed E-state index contributed by atoms with van der Waals surface area (Å²) in [4.78, 5) is 12.2. The van der Waals surface area contributed by atoms with Crippen LogP contribution in [-0.4, -0.2) is 20.9 Å². The van der Waals surface area contributed by atoms with Crippen molar-refractivity contribution in [2.75, 3.05) is 5.32 Å². The first-order chi connectivity index (χ1) is 11.0. The lowest BCUT2D eigenvalue weighted by Crippen LogP contribution is -2.14. The van der Waals surface area contributed by atoms with Gasteiger partial charge >= 0.3 is 0 Å². The average molecular weight is 314 g/mol. The second-order valence-electron chi connectivity index (χ2n) is 4.88. The summed E-state index contributed by atoms with van der Waals surface area (Å²) in [6, 6.07) is 11.3. The Labute approximate surface area is 130 Å². The molecule has 0 aliphatic heterocycles. The molecule has 0 bridgehead atoms. The zero-order valence-electron chi connectivity index (χ0n) is 12.1. The molecular weight excluding hydrogens is 302 g/mol. The number of nitrogens with one attached hydrogen (secondary N) is 1. The lowest BCUT2D eigenvalue weighted by atomic mass is 10.2. The maximum atomic E-state index is 13.3. The number of amides is 1. The summed E-state index contributed by atoms with van der Waals surface area (Å²) in [5.41, 5.74) is 1.30. The third-order valence-corrected chi connectivity index (χ3v) is 3.24. The first kappa shape index (κ1) is 14.8. The first-order valence-corrected chi connectivity index (χ1v) is 6.80. The zero-order valence-corrected chi connectivity index (χ0v) is 12.1. The normalized spacial score (nSPS) is 10.6. The van der Waals surface area contributed by atoms with E-state index in [0.29, 0.717) is 17.1 Å².